The van der Waals surface area contributed by atoms with Gasteiger partial charge < -0.3 is 29.7 Å². The normalized spacial score (nSPS) is 18.6. The molecule has 3 aliphatic rings. The standard InChI is InChI=1S/C30H28N6O6/c1-40-25-10-7-20-12-26(25)41-16-28(37)31-13-19-5-8-23(9-6-19)42-27-15-35(14-24(27)34-29(20)38)30(39)21-3-2-4-22(11-21)36-17-32-33-18-36/h2-12,17-18,24,27H,13-16H2,1H3,(H,31,37)(H,34,38)/t24-,27-/m0/s1. The summed E-state index contributed by atoms with van der Waals surface area (Å²) in [6.45, 7) is 0.558. The van der Waals surface area contributed by atoms with Crippen molar-refractivity contribution in [2.45, 2.75) is 18.7 Å². The topological polar surface area (TPSA) is 137 Å². The summed E-state index contributed by atoms with van der Waals surface area (Å²) in [5.41, 5.74) is 2.43. The molecule has 7 rings (SSSR count). The summed E-state index contributed by atoms with van der Waals surface area (Å²) in [6, 6.07) is 18.7. The summed E-state index contributed by atoms with van der Waals surface area (Å²) in [5.74, 6) is 0.344. The monoisotopic (exact) mass is 568 g/mol. The molecule has 2 N–H and O–H groups in total. The molecule has 0 spiro atoms. The molecule has 1 fully saturated rings. The van der Waals surface area contributed by atoms with Crippen molar-refractivity contribution in [1.82, 2.24) is 30.3 Å². The average molecular weight is 569 g/mol. The van der Waals surface area contributed by atoms with Crippen molar-refractivity contribution >= 4 is 17.7 Å². The second-order valence-corrected chi connectivity index (χ2v) is 9.94. The second-order valence-electron chi connectivity index (χ2n) is 9.94. The molecule has 0 saturated carbocycles. The molecular weight excluding hydrogens is 540 g/mol. The number of aromatic nitrogens is 3. The zero-order valence-corrected chi connectivity index (χ0v) is 22.7. The summed E-state index contributed by atoms with van der Waals surface area (Å²) in [4.78, 5) is 41.1. The minimum atomic E-state index is -0.519. The van der Waals surface area contributed by atoms with Crippen molar-refractivity contribution in [3.05, 3.63) is 96.1 Å². The lowest BCUT2D eigenvalue weighted by molar-refractivity contribution is -0.123. The molecule has 4 aromatic rings. The van der Waals surface area contributed by atoms with Gasteiger partial charge in [-0.15, -0.1) is 10.2 Å². The first-order valence-corrected chi connectivity index (χ1v) is 13.3. The van der Waals surface area contributed by atoms with E-state index in [1.54, 1.807) is 64.6 Å². The number of rotatable bonds is 3. The highest BCUT2D eigenvalue weighted by Gasteiger charge is 2.38. The molecule has 4 bridgehead atoms. The van der Waals surface area contributed by atoms with Crippen molar-refractivity contribution in [1.29, 1.82) is 0 Å². The number of ether oxygens (including phenoxy) is 3. The number of hydrogen-bond donors (Lipinski definition) is 2. The summed E-state index contributed by atoms with van der Waals surface area (Å²) in [5, 5.41) is 13.5. The van der Waals surface area contributed by atoms with E-state index in [9.17, 15) is 14.4 Å². The fourth-order valence-electron chi connectivity index (χ4n) is 4.95. The quantitative estimate of drug-likeness (QED) is 0.383. The van der Waals surface area contributed by atoms with Crippen LogP contribution in [0.5, 0.6) is 17.2 Å². The molecule has 0 unspecified atom stereocenters. The lowest BCUT2D eigenvalue weighted by atomic mass is 10.1. The van der Waals surface area contributed by atoms with Gasteiger partial charge in [-0.05, 0) is 54.1 Å². The Bertz CT molecular complexity index is 1610. The van der Waals surface area contributed by atoms with E-state index in [2.05, 4.69) is 20.8 Å². The number of carbonyl (C=O) groups excluding carboxylic acids is 3. The van der Waals surface area contributed by atoms with E-state index in [1.807, 2.05) is 18.2 Å². The first-order valence-electron chi connectivity index (χ1n) is 13.3. The summed E-state index contributed by atoms with van der Waals surface area (Å²) >= 11 is 0. The Morgan fingerprint density at radius 2 is 1.81 bits per heavy atom. The SMILES string of the molecule is COc1ccc2cc1OCC(=O)NCc1ccc(cc1)O[C@H]1CN(C(=O)c3cccc(-n4cnnc4)c3)C[C@@H]1NC2=O. The van der Waals surface area contributed by atoms with Crippen LogP contribution in [0.25, 0.3) is 5.69 Å². The fraction of sp³-hybridized carbons (Fsp3) is 0.233. The van der Waals surface area contributed by atoms with Crippen molar-refractivity contribution in [3.63, 3.8) is 0 Å². The molecule has 2 atom stereocenters. The molecular formula is C30H28N6O6. The maximum Gasteiger partial charge on any atom is 0.258 e. The number of likely N-dealkylation sites (tertiary alicyclic amines) is 1. The predicted octanol–water partition coefficient (Wildman–Crippen LogP) is 1.99. The summed E-state index contributed by atoms with van der Waals surface area (Å²) < 4.78 is 19.1. The van der Waals surface area contributed by atoms with E-state index in [0.717, 1.165) is 11.3 Å². The van der Waals surface area contributed by atoms with Gasteiger partial charge in [-0.2, -0.15) is 0 Å². The van der Waals surface area contributed by atoms with Crippen LogP contribution < -0.4 is 24.8 Å². The van der Waals surface area contributed by atoms with Gasteiger partial charge in [0.1, 0.15) is 24.5 Å². The number of nitrogens with one attached hydrogen (secondary N) is 2. The van der Waals surface area contributed by atoms with Gasteiger partial charge in [0.25, 0.3) is 17.7 Å². The number of nitrogens with zero attached hydrogens (tertiary/aromatic N) is 4. The lowest BCUT2D eigenvalue weighted by Gasteiger charge is -2.21. The van der Waals surface area contributed by atoms with E-state index in [1.165, 1.54) is 13.2 Å². The zero-order valence-electron chi connectivity index (χ0n) is 22.7. The van der Waals surface area contributed by atoms with E-state index in [-0.39, 0.29) is 43.2 Å². The number of hydrogen-bond acceptors (Lipinski definition) is 8. The van der Waals surface area contributed by atoms with Gasteiger partial charge in [0.15, 0.2) is 18.1 Å². The van der Waals surface area contributed by atoms with E-state index < -0.39 is 12.1 Å². The molecule has 214 valence electrons. The predicted molar refractivity (Wildman–Crippen MR) is 150 cm³/mol. The summed E-state index contributed by atoms with van der Waals surface area (Å²) in [6.07, 6.45) is 2.60. The first-order chi connectivity index (χ1) is 20.5. The van der Waals surface area contributed by atoms with Gasteiger partial charge in [0, 0.05) is 29.9 Å². The van der Waals surface area contributed by atoms with Gasteiger partial charge in [-0.1, -0.05) is 18.2 Å². The highest BCUT2D eigenvalue weighted by molar-refractivity contribution is 5.96. The van der Waals surface area contributed by atoms with E-state index >= 15 is 0 Å². The second kappa shape index (κ2) is 11.6. The van der Waals surface area contributed by atoms with E-state index in [0.29, 0.717) is 29.2 Å². The minimum absolute atomic E-state index is 0.191. The van der Waals surface area contributed by atoms with Crippen LogP contribution in [0.1, 0.15) is 26.3 Å². The smallest absolute Gasteiger partial charge is 0.258 e. The Morgan fingerprint density at radius 3 is 2.60 bits per heavy atom. The van der Waals surface area contributed by atoms with Gasteiger partial charge in [0.05, 0.1) is 19.7 Å². The molecule has 0 aliphatic carbocycles. The van der Waals surface area contributed by atoms with Crippen LogP contribution in [0, 0.1) is 0 Å². The third kappa shape index (κ3) is 5.73. The molecule has 42 heavy (non-hydrogen) atoms. The van der Waals surface area contributed by atoms with Crippen LogP contribution in [-0.2, 0) is 11.3 Å². The van der Waals surface area contributed by atoms with Gasteiger partial charge in [-0.3, -0.25) is 19.0 Å². The Balaban J connectivity index is 1.29. The maximum atomic E-state index is 13.6. The molecule has 12 heteroatoms. The third-order valence-corrected chi connectivity index (χ3v) is 7.16. The molecule has 3 amide bonds. The number of fused-ring (bicyclic) bond motifs is 7. The van der Waals surface area contributed by atoms with Crippen molar-refractivity contribution < 1.29 is 28.6 Å². The number of benzene rings is 3. The number of carbonyl (C=O) groups is 3. The Kier molecular flexibility index (Phi) is 7.41. The lowest BCUT2D eigenvalue weighted by Crippen LogP contribution is -2.45. The van der Waals surface area contributed by atoms with Crippen LogP contribution in [0.3, 0.4) is 0 Å². The van der Waals surface area contributed by atoms with Gasteiger partial charge in [-0.25, -0.2) is 0 Å². The largest absolute Gasteiger partial charge is 0.493 e. The molecule has 3 aromatic carbocycles. The number of methoxy groups -OCH3 is 1. The fourth-order valence-corrected chi connectivity index (χ4v) is 4.95. The molecule has 1 aromatic heterocycles. The first kappa shape index (κ1) is 26.8. The van der Waals surface area contributed by atoms with Crippen molar-refractivity contribution in [2.24, 2.45) is 0 Å². The zero-order chi connectivity index (χ0) is 29.1. The number of amides is 3. The summed E-state index contributed by atoms with van der Waals surface area (Å²) in [7, 11) is 1.48. The van der Waals surface area contributed by atoms with Crippen LogP contribution in [-0.4, -0.2) is 76.3 Å². The highest BCUT2D eigenvalue weighted by atomic mass is 16.5. The van der Waals surface area contributed by atoms with Crippen molar-refractivity contribution in [2.75, 3.05) is 26.8 Å². The van der Waals surface area contributed by atoms with Gasteiger partial charge >= 0.3 is 0 Å². The molecule has 3 aliphatic heterocycles. The minimum Gasteiger partial charge on any atom is -0.493 e. The highest BCUT2D eigenvalue weighted by Crippen LogP contribution is 2.29. The van der Waals surface area contributed by atoms with Gasteiger partial charge in [0.2, 0.25) is 0 Å². The van der Waals surface area contributed by atoms with Crippen LogP contribution in [0.15, 0.2) is 79.4 Å². The average Bonchev–Trinajstić information content (AvgIpc) is 3.70. The van der Waals surface area contributed by atoms with Crippen molar-refractivity contribution in [3.8, 4) is 22.9 Å². The molecule has 12 nitrogen and oxygen atoms in total. The Labute approximate surface area is 241 Å². The van der Waals surface area contributed by atoms with Crippen LogP contribution in [0.4, 0.5) is 0 Å². The van der Waals surface area contributed by atoms with Crippen LogP contribution >= 0.6 is 0 Å². The molecule has 0 radical (unpaired) electrons. The Morgan fingerprint density at radius 1 is 1.00 bits per heavy atom. The molecule has 4 heterocycles. The Hall–Kier alpha value is -5.39. The maximum absolute atomic E-state index is 13.6. The van der Waals surface area contributed by atoms with E-state index in [4.69, 9.17) is 14.2 Å². The third-order valence-electron chi connectivity index (χ3n) is 7.16. The van der Waals surface area contributed by atoms with Crippen LogP contribution in [0.2, 0.25) is 0 Å². The molecule has 1 saturated heterocycles.